The Morgan fingerprint density at radius 1 is 1.33 bits per heavy atom. The first-order valence-electron chi connectivity index (χ1n) is 6.04. The predicted octanol–water partition coefficient (Wildman–Crippen LogP) is 2.34. The van der Waals surface area contributed by atoms with E-state index in [-0.39, 0.29) is 11.4 Å². The largest absolute Gasteiger partial charge is 0.508 e. The van der Waals surface area contributed by atoms with Crippen molar-refractivity contribution in [3.05, 3.63) is 40.2 Å². The monoisotopic (exact) mass is 247 g/mol. The van der Waals surface area contributed by atoms with Crippen LogP contribution in [0, 0.1) is 0 Å². The van der Waals surface area contributed by atoms with Gasteiger partial charge in [-0.1, -0.05) is 6.92 Å². The predicted molar refractivity (Wildman–Crippen MR) is 70.8 cm³/mol. The Hall–Kier alpha value is -1.81. The van der Waals surface area contributed by atoms with Crippen molar-refractivity contribution in [1.82, 2.24) is 4.90 Å². The molecule has 18 heavy (non-hydrogen) atoms. The molecule has 2 aromatic rings. The molecule has 0 fully saturated rings. The van der Waals surface area contributed by atoms with Gasteiger partial charge in [-0.15, -0.1) is 0 Å². The molecule has 1 heterocycles. The van der Waals surface area contributed by atoms with E-state index in [1.54, 1.807) is 12.1 Å². The molecular formula is C14H17NO3. The number of hydrogen-bond acceptors (Lipinski definition) is 4. The van der Waals surface area contributed by atoms with Crippen LogP contribution in [0.2, 0.25) is 0 Å². The highest BCUT2D eigenvalue weighted by Crippen LogP contribution is 2.22. The summed E-state index contributed by atoms with van der Waals surface area (Å²) in [5.41, 5.74) is 0.979. The van der Waals surface area contributed by atoms with E-state index in [1.807, 2.05) is 7.05 Å². The highest BCUT2D eigenvalue weighted by atomic mass is 16.4. The quantitative estimate of drug-likeness (QED) is 0.842. The molecule has 0 spiro atoms. The molecule has 4 nitrogen and oxygen atoms in total. The fourth-order valence-electron chi connectivity index (χ4n) is 2.10. The van der Waals surface area contributed by atoms with Crippen LogP contribution < -0.4 is 5.63 Å². The second kappa shape index (κ2) is 5.23. The van der Waals surface area contributed by atoms with Crippen molar-refractivity contribution in [3.63, 3.8) is 0 Å². The lowest BCUT2D eigenvalue weighted by atomic mass is 10.1. The number of nitrogens with zero attached hydrogens (tertiary/aromatic N) is 1. The molecule has 0 unspecified atom stereocenters. The van der Waals surface area contributed by atoms with Gasteiger partial charge in [-0.05, 0) is 37.7 Å². The van der Waals surface area contributed by atoms with Crippen molar-refractivity contribution in [2.45, 2.75) is 19.9 Å². The lowest BCUT2D eigenvalue weighted by Crippen LogP contribution is -2.19. The van der Waals surface area contributed by atoms with Crippen LogP contribution in [0.4, 0.5) is 0 Å². The molecule has 4 heteroatoms. The van der Waals surface area contributed by atoms with Crippen molar-refractivity contribution in [2.75, 3.05) is 13.6 Å². The Labute approximate surface area is 105 Å². The summed E-state index contributed by atoms with van der Waals surface area (Å²) in [6.45, 7) is 3.78. The zero-order chi connectivity index (χ0) is 13.1. The molecule has 1 aromatic heterocycles. The highest BCUT2D eigenvalue weighted by molar-refractivity contribution is 5.81. The summed E-state index contributed by atoms with van der Waals surface area (Å²) in [7, 11) is 2.02. The summed E-state index contributed by atoms with van der Waals surface area (Å²) in [6.07, 6.45) is 1.07. The fraction of sp³-hybridized carbons (Fsp3) is 0.357. The Bertz CT molecular complexity index is 604. The molecule has 0 saturated heterocycles. The summed E-state index contributed by atoms with van der Waals surface area (Å²) in [5.74, 6) is 0.102. The van der Waals surface area contributed by atoms with Crippen LogP contribution in [0.1, 0.15) is 18.9 Å². The summed E-state index contributed by atoms with van der Waals surface area (Å²) >= 11 is 0. The average molecular weight is 247 g/mol. The van der Waals surface area contributed by atoms with Crippen molar-refractivity contribution in [3.8, 4) is 5.75 Å². The Kier molecular flexibility index (Phi) is 3.67. The summed E-state index contributed by atoms with van der Waals surface area (Å²) in [5, 5.41) is 10.3. The zero-order valence-electron chi connectivity index (χ0n) is 10.6. The van der Waals surface area contributed by atoms with Crippen LogP contribution in [-0.2, 0) is 6.54 Å². The Balaban J connectivity index is 2.46. The molecular weight excluding hydrogens is 230 g/mol. The number of benzene rings is 1. The van der Waals surface area contributed by atoms with Crippen molar-refractivity contribution >= 4 is 11.0 Å². The first kappa shape index (κ1) is 12.6. The third kappa shape index (κ3) is 2.71. The third-order valence-corrected chi connectivity index (χ3v) is 2.86. The molecule has 0 bridgehead atoms. The zero-order valence-corrected chi connectivity index (χ0v) is 10.6. The second-order valence-corrected chi connectivity index (χ2v) is 4.51. The first-order valence-corrected chi connectivity index (χ1v) is 6.04. The van der Waals surface area contributed by atoms with E-state index >= 15 is 0 Å². The minimum Gasteiger partial charge on any atom is -0.508 e. The number of rotatable bonds is 4. The molecule has 0 aliphatic carbocycles. The number of aromatic hydroxyl groups is 1. The van der Waals surface area contributed by atoms with Crippen LogP contribution in [-0.4, -0.2) is 23.6 Å². The van der Waals surface area contributed by atoms with Gasteiger partial charge >= 0.3 is 5.63 Å². The maximum absolute atomic E-state index is 11.5. The van der Waals surface area contributed by atoms with Crippen molar-refractivity contribution in [2.24, 2.45) is 0 Å². The third-order valence-electron chi connectivity index (χ3n) is 2.86. The standard InChI is InChI=1S/C14H17NO3/c1-3-6-15(2)9-10-7-14(17)18-13-8-11(16)4-5-12(10)13/h4-5,7-8,16H,3,6,9H2,1-2H3. The summed E-state index contributed by atoms with van der Waals surface area (Å²) < 4.78 is 5.09. The lowest BCUT2D eigenvalue weighted by molar-refractivity contribution is 0.328. The Morgan fingerprint density at radius 3 is 2.83 bits per heavy atom. The van der Waals surface area contributed by atoms with E-state index in [0.717, 1.165) is 23.9 Å². The van der Waals surface area contributed by atoms with Gasteiger partial charge in [0, 0.05) is 24.1 Å². The van der Waals surface area contributed by atoms with E-state index in [9.17, 15) is 9.90 Å². The number of hydrogen-bond donors (Lipinski definition) is 1. The molecule has 0 aliphatic heterocycles. The number of phenols is 1. The van der Waals surface area contributed by atoms with Crippen LogP contribution in [0.3, 0.4) is 0 Å². The van der Waals surface area contributed by atoms with Gasteiger partial charge in [0.25, 0.3) is 0 Å². The molecule has 0 aliphatic rings. The van der Waals surface area contributed by atoms with Crippen molar-refractivity contribution in [1.29, 1.82) is 0 Å². The molecule has 0 amide bonds. The molecule has 1 aromatic carbocycles. The van der Waals surface area contributed by atoms with Crippen LogP contribution in [0.5, 0.6) is 5.75 Å². The first-order chi connectivity index (χ1) is 8.60. The van der Waals surface area contributed by atoms with Gasteiger partial charge in [-0.25, -0.2) is 4.79 Å². The van der Waals surface area contributed by atoms with E-state index < -0.39 is 0 Å². The highest BCUT2D eigenvalue weighted by Gasteiger charge is 2.08. The van der Waals surface area contributed by atoms with E-state index in [4.69, 9.17) is 4.42 Å². The fourth-order valence-corrected chi connectivity index (χ4v) is 2.10. The smallest absolute Gasteiger partial charge is 0.336 e. The molecule has 96 valence electrons. The van der Waals surface area contributed by atoms with Crippen LogP contribution >= 0.6 is 0 Å². The molecule has 2 rings (SSSR count). The van der Waals surface area contributed by atoms with Gasteiger partial charge in [0.05, 0.1) is 0 Å². The second-order valence-electron chi connectivity index (χ2n) is 4.51. The number of fused-ring (bicyclic) bond motifs is 1. The topological polar surface area (TPSA) is 53.7 Å². The maximum atomic E-state index is 11.5. The van der Waals surface area contributed by atoms with Gasteiger partial charge in [0.15, 0.2) is 0 Å². The van der Waals surface area contributed by atoms with Gasteiger partial charge in [-0.3, -0.25) is 0 Å². The molecule has 0 radical (unpaired) electrons. The SMILES string of the molecule is CCCN(C)Cc1cc(=O)oc2cc(O)ccc12. The normalized spacial score (nSPS) is 11.3. The Morgan fingerprint density at radius 2 is 2.11 bits per heavy atom. The van der Waals surface area contributed by atoms with Gasteiger partial charge in [0.2, 0.25) is 0 Å². The number of phenolic OH excluding ortho intramolecular Hbond substituents is 1. The van der Waals surface area contributed by atoms with Gasteiger partial charge in [-0.2, -0.15) is 0 Å². The maximum Gasteiger partial charge on any atom is 0.336 e. The van der Waals surface area contributed by atoms with Gasteiger partial charge < -0.3 is 14.4 Å². The van der Waals surface area contributed by atoms with E-state index in [0.29, 0.717) is 12.1 Å². The lowest BCUT2D eigenvalue weighted by Gasteiger charge is -2.16. The molecule has 1 N–H and O–H groups in total. The van der Waals surface area contributed by atoms with Crippen LogP contribution in [0.25, 0.3) is 11.0 Å². The van der Waals surface area contributed by atoms with Gasteiger partial charge in [0.1, 0.15) is 11.3 Å². The minimum atomic E-state index is -0.381. The molecule has 0 atom stereocenters. The van der Waals surface area contributed by atoms with Crippen molar-refractivity contribution < 1.29 is 9.52 Å². The van der Waals surface area contributed by atoms with E-state index in [1.165, 1.54) is 12.1 Å². The van der Waals surface area contributed by atoms with Crippen LogP contribution in [0.15, 0.2) is 33.5 Å². The summed E-state index contributed by atoms with van der Waals surface area (Å²) in [6, 6.07) is 6.37. The molecule has 0 saturated carbocycles. The van der Waals surface area contributed by atoms with E-state index in [2.05, 4.69) is 11.8 Å². The minimum absolute atomic E-state index is 0.102. The average Bonchev–Trinajstić information content (AvgIpc) is 2.28. The summed E-state index contributed by atoms with van der Waals surface area (Å²) in [4.78, 5) is 13.6.